The first-order valence-corrected chi connectivity index (χ1v) is 11.6. The maximum atomic E-state index is 13.1. The molecule has 3 aromatic rings. The van der Waals surface area contributed by atoms with Crippen molar-refractivity contribution in [2.24, 2.45) is 5.73 Å². The lowest BCUT2D eigenvalue weighted by molar-refractivity contribution is 0.0524. The van der Waals surface area contributed by atoms with Crippen LogP contribution >= 0.6 is 11.3 Å². The molecule has 2 aliphatic rings. The lowest BCUT2D eigenvalue weighted by atomic mass is 9.98. The molecule has 0 saturated heterocycles. The molecule has 2 N–H and O–H groups in total. The lowest BCUT2D eigenvalue weighted by Gasteiger charge is -2.27. The Hall–Kier alpha value is -2.48. The van der Waals surface area contributed by atoms with Crippen molar-refractivity contribution in [2.45, 2.75) is 45.2 Å². The first kappa shape index (κ1) is 20.4. The van der Waals surface area contributed by atoms with Crippen LogP contribution in [0.25, 0.3) is 16.0 Å². The molecule has 1 atom stereocenters. The summed E-state index contributed by atoms with van der Waals surface area (Å²) in [6.07, 6.45) is 3.96. The molecule has 7 heteroatoms. The molecular formula is C24H27N3O3S. The van der Waals surface area contributed by atoms with Gasteiger partial charge in [-0.15, -0.1) is 11.3 Å². The van der Waals surface area contributed by atoms with Gasteiger partial charge in [0.05, 0.1) is 12.1 Å². The molecule has 0 spiro atoms. The quantitative estimate of drug-likeness (QED) is 0.628. The largest absolute Gasteiger partial charge is 0.462 e. The fraction of sp³-hybridized carbons (Fsp3) is 0.417. The van der Waals surface area contributed by atoms with Gasteiger partial charge in [0.15, 0.2) is 0 Å². The number of esters is 1. The van der Waals surface area contributed by atoms with Crippen molar-refractivity contribution in [1.29, 1.82) is 0 Å². The molecule has 1 aliphatic heterocycles. The van der Waals surface area contributed by atoms with Crippen LogP contribution in [0.15, 0.2) is 29.2 Å². The molecule has 31 heavy (non-hydrogen) atoms. The average Bonchev–Trinajstić information content (AvgIpc) is 3.48. The molecule has 0 amide bonds. The molecule has 5 rings (SSSR count). The van der Waals surface area contributed by atoms with Gasteiger partial charge in [0.25, 0.3) is 5.56 Å². The van der Waals surface area contributed by atoms with E-state index in [1.807, 2.05) is 6.07 Å². The van der Waals surface area contributed by atoms with Crippen LogP contribution in [0.3, 0.4) is 0 Å². The summed E-state index contributed by atoms with van der Waals surface area (Å²) in [5, 5.41) is 0. The number of rotatable bonds is 4. The van der Waals surface area contributed by atoms with Crippen LogP contribution in [0.1, 0.15) is 63.7 Å². The van der Waals surface area contributed by atoms with Gasteiger partial charge in [-0.05, 0) is 80.1 Å². The van der Waals surface area contributed by atoms with E-state index in [0.717, 1.165) is 48.1 Å². The molecule has 0 bridgehead atoms. The second kappa shape index (κ2) is 7.58. The number of nitrogens with zero attached hydrogens (tertiary/aromatic N) is 2. The number of fused-ring (bicyclic) bond motifs is 2. The van der Waals surface area contributed by atoms with Gasteiger partial charge in [-0.25, -0.2) is 4.79 Å². The topological polar surface area (TPSA) is 77.0 Å². The average molecular weight is 438 g/mol. The van der Waals surface area contributed by atoms with Crippen molar-refractivity contribution < 1.29 is 9.53 Å². The van der Waals surface area contributed by atoms with Crippen LogP contribution in [0.4, 0.5) is 0 Å². The highest BCUT2D eigenvalue weighted by molar-refractivity contribution is 7.15. The number of pyridine rings is 2. The lowest BCUT2D eigenvalue weighted by Crippen LogP contribution is -2.33. The van der Waals surface area contributed by atoms with E-state index in [1.165, 1.54) is 15.3 Å². The molecule has 1 fully saturated rings. The summed E-state index contributed by atoms with van der Waals surface area (Å²) < 4.78 is 6.77. The number of carbonyl (C=O) groups is 1. The smallest absolute Gasteiger partial charge is 0.343 e. The van der Waals surface area contributed by atoms with Crippen LogP contribution in [0, 0.1) is 6.92 Å². The molecule has 1 aliphatic carbocycles. The van der Waals surface area contributed by atoms with Crippen molar-refractivity contribution in [3.63, 3.8) is 0 Å². The first-order chi connectivity index (χ1) is 14.9. The summed E-state index contributed by atoms with van der Waals surface area (Å²) in [7, 11) is 2.10. The zero-order valence-electron chi connectivity index (χ0n) is 18.1. The van der Waals surface area contributed by atoms with Gasteiger partial charge in [0, 0.05) is 35.1 Å². The van der Waals surface area contributed by atoms with Crippen LogP contribution < -0.4 is 11.3 Å². The Kier molecular flexibility index (Phi) is 5.00. The highest BCUT2D eigenvalue weighted by Crippen LogP contribution is 2.44. The molecule has 6 nitrogen and oxygen atoms in total. The summed E-state index contributed by atoms with van der Waals surface area (Å²) in [6.45, 7) is 5.84. The van der Waals surface area contributed by atoms with Crippen LogP contribution in [0.2, 0.25) is 0 Å². The number of hydrogen-bond acceptors (Lipinski definition) is 6. The fourth-order valence-corrected chi connectivity index (χ4v) is 6.08. The summed E-state index contributed by atoms with van der Waals surface area (Å²) in [5.41, 5.74) is 11.6. The number of hydrogen-bond donors (Lipinski definition) is 1. The van der Waals surface area contributed by atoms with Crippen LogP contribution in [0.5, 0.6) is 0 Å². The number of nitrogens with two attached hydrogens (primary N) is 1. The zero-order chi connectivity index (χ0) is 21.9. The minimum Gasteiger partial charge on any atom is -0.462 e. The fourth-order valence-electron chi connectivity index (χ4n) is 4.68. The van der Waals surface area contributed by atoms with E-state index >= 15 is 0 Å². The van der Waals surface area contributed by atoms with E-state index in [2.05, 4.69) is 24.9 Å². The molecule has 162 valence electrons. The predicted octanol–water partition coefficient (Wildman–Crippen LogP) is 3.84. The number of carbonyl (C=O) groups excluding carboxylic acids is 1. The molecule has 0 aromatic carbocycles. The Bertz CT molecular complexity index is 1260. The molecule has 1 unspecified atom stereocenters. The van der Waals surface area contributed by atoms with Gasteiger partial charge in [0.1, 0.15) is 5.56 Å². The molecule has 3 aromatic heterocycles. The van der Waals surface area contributed by atoms with Gasteiger partial charge >= 0.3 is 5.97 Å². The second-order valence-corrected chi connectivity index (χ2v) is 9.82. The SMILES string of the molecule is CCOC(=O)c1cc(C2CC2)c2c(C)c(-c3cc4c(s3)CN(C)CC4N)ccn2c1=O. The van der Waals surface area contributed by atoms with E-state index in [-0.39, 0.29) is 23.8 Å². The maximum absolute atomic E-state index is 13.1. The van der Waals surface area contributed by atoms with Gasteiger partial charge in [0.2, 0.25) is 0 Å². The standard InChI is InChI=1S/C24H27N3O3S/c1-4-30-24(29)18-9-16(14-5-6-14)22-13(2)15(7-8-27(22)23(18)28)20-10-17-19(25)11-26(3)12-21(17)31-20/h7-10,14,19H,4-6,11-12,25H2,1-3H3. The van der Waals surface area contributed by atoms with Crippen molar-refractivity contribution >= 4 is 22.8 Å². The first-order valence-electron chi connectivity index (χ1n) is 10.8. The van der Waals surface area contributed by atoms with E-state index in [4.69, 9.17) is 10.5 Å². The summed E-state index contributed by atoms with van der Waals surface area (Å²) in [6, 6.07) is 6.01. The number of likely N-dealkylation sites (N-methyl/N-ethyl adjacent to an activating group) is 1. The predicted molar refractivity (Wildman–Crippen MR) is 123 cm³/mol. The number of aromatic nitrogens is 1. The van der Waals surface area contributed by atoms with E-state index in [0.29, 0.717) is 5.92 Å². The summed E-state index contributed by atoms with van der Waals surface area (Å²) >= 11 is 1.78. The van der Waals surface area contributed by atoms with E-state index in [1.54, 1.807) is 34.9 Å². The van der Waals surface area contributed by atoms with Gasteiger partial charge in [-0.2, -0.15) is 0 Å². The second-order valence-electron chi connectivity index (χ2n) is 8.68. The Morgan fingerprint density at radius 3 is 2.77 bits per heavy atom. The third-order valence-electron chi connectivity index (χ3n) is 6.35. The van der Waals surface area contributed by atoms with Crippen molar-refractivity contribution in [3.05, 3.63) is 61.9 Å². The van der Waals surface area contributed by atoms with Crippen LogP contribution in [-0.4, -0.2) is 35.5 Å². The monoisotopic (exact) mass is 437 g/mol. The Morgan fingerprint density at radius 1 is 1.29 bits per heavy atom. The Labute approximate surface area is 185 Å². The highest BCUT2D eigenvalue weighted by Gasteiger charge is 2.30. The number of aryl methyl sites for hydroxylation is 1. The van der Waals surface area contributed by atoms with Crippen molar-refractivity contribution in [1.82, 2.24) is 9.30 Å². The molecule has 1 saturated carbocycles. The third kappa shape index (κ3) is 3.41. The molecule has 4 heterocycles. The van der Waals surface area contributed by atoms with Gasteiger partial charge < -0.3 is 10.5 Å². The Morgan fingerprint density at radius 2 is 2.06 bits per heavy atom. The van der Waals surface area contributed by atoms with Crippen molar-refractivity contribution in [2.75, 3.05) is 20.2 Å². The summed E-state index contributed by atoms with van der Waals surface area (Å²) in [4.78, 5) is 30.3. The van der Waals surface area contributed by atoms with Gasteiger partial charge in [-0.3, -0.25) is 14.1 Å². The van der Waals surface area contributed by atoms with Crippen molar-refractivity contribution in [3.8, 4) is 10.4 Å². The van der Waals surface area contributed by atoms with E-state index < -0.39 is 5.97 Å². The Balaban J connectivity index is 1.69. The van der Waals surface area contributed by atoms with Gasteiger partial charge in [-0.1, -0.05) is 0 Å². The van der Waals surface area contributed by atoms with Crippen LogP contribution in [-0.2, 0) is 11.3 Å². The highest BCUT2D eigenvalue weighted by atomic mass is 32.1. The normalized spacial score (nSPS) is 18.9. The number of ether oxygens (including phenoxy) is 1. The summed E-state index contributed by atoms with van der Waals surface area (Å²) in [5.74, 6) is -0.161. The third-order valence-corrected chi connectivity index (χ3v) is 7.52. The minimum absolute atomic E-state index is 0.0243. The van der Waals surface area contributed by atoms with E-state index in [9.17, 15) is 9.59 Å². The molecule has 0 radical (unpaired) electrons. The molecular weight excluding hydrogens is 410 g/mol. The minimum atomic E-state index is -0.547. The zero-order valence-corrected chi connectivity index (χ0v) is 18.9. The number of thiophene rings is 1. The maximum Gasteiger partial charge on any atom is 0.343 e.